The van der Waals surface area contributed by atoms with Crippen LogP contribution < -0.4 is 15.9 Å². The fraction of sp³-hybridized carbons (Fsp3) is 0.0526. The van der Waals surface area contributed by atoms with Gasteiger partial charge in [-0.1, -0.05) is 90.1 Å². The molecule has 0 aliphatic carbocycles. The maximum Gasteiger partial charge on any atom is 0.171 e. The highest BCUT2D eigenvalue weighted by molar-refractivity contribution is 7.85. The lowest BCUT2D eigenvalue weighted by Crippen LogP contribution is -2.27. The van der Waals surface area contributed by atoms with E-state index in [0.717, 1.165) is 10.6 Å². The minimum atomic E-state index is -3.04. The molecule has 0 saturated carbocycles. The Morgan fingerprint density at radius 1 is 0.696 bits per heavy atom. The van der Waals surface area contributed by atoms with Gasteiger partial charge in [0.2, 0.25) is 0 Å². The number of nitrogens with zero attached hydrogens (tertiary/aromatic N) is 1. The summed E-state index contributed by atoms with van der Waals surface area (Å²) in [4.78, 5) is 10.8. The molecule has 0 radical (unpaired) electrons. The molecule has 23 heavy (non-hydrogen) atoms. The van der Waals surface area contributed by atoms with Gasteiger partial charge in [0.1, 0.15) is 6.54 Å². The zero-order chi connectivity index (χ0) is 16.1. The van der Waals surface area contributed by atoms with Crippen molar-refractivity contribution in [3.8, 4) is 0 Å². The lowest BCUT2D eigenvalue weighted by molar-refractivity contribution is 0.592. The summed E-state index contributed by atoms with van der Waals surface area (Å²) in [5, 5.41) is 5.18. The molecule has 0 heterocycles. The molecule has 3 rings (SSSR count). The Morgan fingerprint density at radius 2 is 1.17 bits per heavy atom. The number of hydrogen-bond donors (Lipinski definition) is 0. The van der Waals surface area contributed by atoms with Crippen LogP contribution in [0.25, 0.3) is 0 Å². The van der Waals surface area contributed by atoms with Crippen molar-refractivity contribution in [3.63, 3.8) is 0 Å². The molecule has 3 aromatic rings. The Kier molecular flexibility index (Phi) is 4.50. The molecule has 0 aliphatic heterocycles. The molecule has 0 fully saturated rings. The smallest absolute Gasteiger partial charge is 0.171 e. The molecule has 114 valence electrons. The minimum Gasteiger partial charge on any atom is -0.309 e. The third-order valence-electron chi connectivity index (χ3n) is 3.81. The second-order valence-corrected chi connectivity index (χ2v) is 7.93. The zero-order valence-electron chi connectivity index (χ0n) is 12.5. The molecule has 4 heteroatoms. The third kappa shape index (κ3) is 2.88. The molecule has 0 unspecified atom stereocenters. The first-order chi connectivity index (χ1) is 11.3. The molecule has 3 nitrogen and oxygen atoms in total. The van der Waals surface area contributed by atoms with Crippen molar-refractivity contribution in [2.45, 2.75) is 6.54 Å². The Morgan fingerprint density at radius 3 is 1.70 bits per heavy atom. The van der Waals surface area contributed by atoms with E-state index in [1.54, 1.807) is 0 Å². The predicted octanol–water partition coefficient (Wildman–Crippen LogP) is 3.59. The summed E-state index contributed by atoms with van der Waals surface area (Å²) in [6.45, 7) is 0.0137. The van der Waals surface area contributed by atoms with Crippen LogP contribution in [0, 0.1) is 4.91 Å². The highest BCUT2D eigenvalue weighted by atomic mass is 31.2. The van der Waals surface area contributed by atoms with Gasteiger partial charge >= 0.3 is 0 Å². The summed E-state index contributed by atoms with van der Waals surface area (Å²) in [5.74, 6) is 0. The van der Waals surface area contributed by atoms with E-state index in [4.69, 9.17) is 0 Å². The van der Waals surface area contributed by atoms with E-state index in [2.05, 4.69) is 5.18 Å². The van der Waals surface area contributed by atoms with Crippen molar-refractivity contribution in [3.05, 3.63) is 95.4 Å². The topological polar surface area (TPSA) is 46.5 Å². The normalized spacial score (nSPS) is 11.1. The Balaban J connectivity index is 2.30. The van der Waals surface area contributed by atoms with Crippen molar-refractivity contribution in [1.82, 2.24) is 0 Å². The molecular formula is C19H16NO2P. The average Bonchev–Trinajstić information content (AvgIpc) is 2.63. The van der Waals surface area contributed by atoms with Crippen LogP contribution in [0.2, 0.25) is 0 Å². The molecule has 0 N–H and O–H groups in total. The molecular weight excluding hydrogens is 305 g/mol. The molecule has 0 saturated heterocycles. The van der Waals surface area contributed by atoms with Crippen molar-refractivity contribution < 1.29 is 4.57 Å². The van der Waals surface area contributed by atoms with Crippen LogP contribution >= 0.6 is 7.14 Å². The SMILES string of the molecule is O=NCc1ccccc1P(=O)(c1ccccc1)c1ccccc1. The predicted molar refractivity (Wildman–Crippen MR) is 95.3 cm³/mol. The lowest BCUT2D eigenvalue weighted by atomic mass is 10.2. The maximum absolute atomic E-state index is 14.2. The molecule has 0 aromatic heterocycles. The van der Waals surface area contributed by atoms with E-state index >= 15 is 0 Å². The van der Waals surface area contributed by atoms with Gasteiger partial charge in [0, 0.05) is 15.9 Å². The molecule has 0 atom stereocenters. The quantitative estimate of drug-likeness (QED) is 0.532. The highest BCUT2D eigenvalue weighted by Gasteiger charge is 2.31. The number of hydrogen-bond acceptors (Lipinski definition) is 3. The van der Waals surface area contributed by atoms with E-state index in [9.17, 15) is 9.47 Å². The fourth-order valence-corrected chi connectivity index (χ4v) is 5.61. The Labute approximate surface area is 135 Å². The van der Waals surface area contributed by atoms with E-state index in [1.807, 2.05) is 84.9 Å². The molecule has 0 bridgehead atoms. The van der Waals surface area contributed by atoms with Crippen LogP contribution in [0.3, 0.4) is 0 Å². The summed E-state index contributed by atoms with van der Waals surface area (Å²) in [6, 6.07) is 26.2. The van der Waals surface area contributed by atoms with Crippen molar-refractivity contribution in [1.29, 1.82) is 0 Å². The molecule has 0 spiro atoms. The Bertz CT molecular complexity index is 804. The second-order valence-electron chi connectivity index (χ2n) is 5.20. The van der Waals surface area contributed by atoms with Crippen LogP contribution in [0.1, 0.15) is 5.56 Å². The maximum atomic E-state index is 14.2. The summed E-state index contributed by atoms with van der Waals surface area (Å²) in [5.41, 5.74) is 0.707. The van der Waals surface area contributed by atoms with Crippen LogP contribution in [0.4, 0.5) is 0 Å². The van der Waals surface area contributed by atoms with Gasteiger partial charge in [-0.3, -0.25) is 0 Å². The monoisotopic (exact) mass is 321 g/mol. The van der Waals surface area contributed by atoms with E-state index < -0.39 is 7.14 Å². The van der Waals surface area contributed by atoms with Crippen LogP contribution in [0.15, 0.2) is 90.1 Å². The van der Waals surface area contributed by atoms with E-state index in [1.165, 1.54) is 0 Å². The summed E-state index contributed by atoms with van der Waals surface area (Å²) in [6.07, 6.45) is 0. The molecule has 3 aromatic carbocycles. The van der Waals surface area contributed by atoms with E-state index in [0.29, 0.717) is 10.9 Å². The largest absolute Gasteiger partial charge is 0.309 e. The van der Waals surface area contributed by atoms with Crippen molar-refractivity contribution in [2.75, 3.05) is 0 Å². The van der Waals surface area contributed by atoms with Crippen LogP contribution in [-0.4, -0.2) is 0 Å². The zero-order valence-corrected chi connectivity index (χ0v) is 13.4. The van der Waals surface area contributed by atoms with Gasteiger partial charge in [-0.05, 0) is 5.56 Å². The standard InChI is InChI=1S/C19H16NO2P/c21-20-15-16-9-7-8-14-19(16)23(22,17-10-3-1-4-11-17)18-12-5-2-6-13-18/h1-14H,15H2. The van der Waals surface area contributed by atoms with E-state index in [-0.39, 0.29) is 6.54 Å². The second kappa shape index (κ2) is 6.72. The first kappa shape index (κ1) is 15.4. The van der Waals surface area contributed by atoms with Crippen molar-refractivity contribution in [2.24, 2.45) is 5.18 Å². The van der Waals surface area contributed by atoms with Gasteiger partial charge in [0.05, 0.1) is 0 Å². The van der Waals surface area contributed by atoms with Gasteiger partial charge in [0.15, 0.2) is 7.14 Å². The fourth-order valence-electron chi connectivity index (χ4n) is 2.72. The average molecular weight is 321 g/mol. The molecule has 0 amide bonds. The lowest BCUT2D eigenvalue weighted by Gasteiger charge is -2.22. The number of benzene rings is 3. The summed E-state index contributed by atoms with van der Waals surface area (Å²) < 4.78 is 14.2. The highest BCUT2D eigenvalue weighted by Crippen LogP contribution is 2.43. The Hall–Kier alpha value is -2.51. The van der Waals surface area contributed by atoms with Crippen LogP contribution in [-0.2, 0) is 11.1 Å². The minimum absolute atomic E-state index is 0.0137. The number of nitroso groups, excluding NO2 is 1. The third-order valence-corrected chi connectivity index (χ3v) is 6.97. The summed E-state index contributed by atoms with van der Waals surface area (Å²) >= 11 is 0. The number of rotatable bonds is 5. The van der Waals surface area contributed by atoms with Crippen LogP contribution in [0.5, 0.6) is 0 Å². The van der Waals surface area contributed by atoms with Gasteiger partial charge in [-0.15, -0.1) is 0 Å². The van der Waals surface area contributed by atoms with Gasteiger partial charge in [-0.25, -0.2) is 0 Å². The first-order valence-corrected chi connectivity index (χ1v) is 9.06. The first-order valence-electron chi connectivity index (χ1n) is 7.35. The van der Waals surface area contributed by atoms with Crippen molar-refractivity contribution >= 4 is 23.1 Å². The molecule has 0 aliphatic rings. The summed E-state index contributed by atoms with van der Waals surface area (Å²) in [7, 11) is -3.04. The van der Waals surface area contributed by atoms with Gasteiger partial charge < -0.3 is 4.57 Å². The van der Waals surface area contributed by atoms with Gasteiger partial charge in [0.25, 0.3) is 0 Å². The van der Waals surface area contributed by atoms with Gasteiger partial charge in [-0.2, -0.15) is 4.91 Å².